The van der Waals surface area contributed by atoms with Gasteiger partial charge in [-0.2, -0.15) is 4.31 Å². The Bertz CT molecular complexity index is 1050. The second-order valence-electron chi connectivity index (χ2n) is 8.53. The van der Waals surface area contributed by atoms with Crippen LogP contribution < -0.4 is 10.1 Å². The minimum atomic E-state index is -3.71. The first kappa shape index (κ1) is 24.7. The van der Waals surface area contributed by atoms with E-state index in [1.54, 1.807) is 12.1 Å². The van der Waals surface area contributed by atoms with Crippen molar-refractivity contribution in [2.24, 2.45) is 5.92 Å². The number of rotatable bonds is 7. The number of carbonyl (C=O) groups is 1. The number of hydrogen-bond donors (Lipinski definition) is 1. The van der Waals surface area contributed by atoms with Gasteiger partial charge in [0.15, 0.2) is 0 Å². The van der Waals surface area contributed by atoms with Crippen LogP contribution in [0.25, 0.3) is 0 Å². The molecule has 1 aliphatic rings. The van der Waals surface area contributed by atoms with Gasteiger partial charge in [0.25, 0.3) is 0 Å². The summed E-state index contributed by atoms with van der Waals surface area (Å²) in [6.45, 7) is 6.62. The average molecular weight is 523 g/mol. The summed E-state index contributed by atoms with van der Waals surface area (Å²) in [5, 5.41) is 3.07. The molecular formula is C24H31BrN2O4S. The molecule has 8 heteroatoms. The molecule has 1 saturated heterocycles. The molecule has 1 fully saturated rings. The third kappa shape index (κ3) is 5.53. The third-order valence-corrected chi connectivity index (χ3v) is 8.47. The average Bonchev–Trinajstić information content (AvgIpc) is 2.79. The lowest BCUT2D eigenvalue weighted by Crippen LogP contribution is -2.43. The van der Waals surface area contributed by atoms with Crippen molar-refractivity contribution >= 4 is 31.9 Å². The smallest absolute Gasteiger partial charge is 0.246 e. The lowest BCUT2D eigenvalue weighted by atomic mass is 9.96. The van der Waals surface area contributed by atoms with Gasteiger partial charge in [0, 0.05) is 23.5 Å². The van der Waals surface area contributed by atoms with E-state index in [0.29, 0.717) is 31.7 Å². The number of sulfonamides is 1. The molecule has 1 aliphatic heterocycles. The molecule has 3 rings (SSSR count). The van der Waals surface area contributed by atoms with E-state index in [0.717, 1.165) is 15.6 Å². The van der Waals surface area contributed by atoms with Crippen LogP contribution in [0.3, 0.4) is 0 Å². The normalized spacial score (nSPS) is 16.7. The molecule has 2 aromatic rings. The highest BCUT2D eigenvalue weighted by molar-refractivity contribution is 9.10. The third-order valence-electron chi connectivity index (χ3n) is 6.03. The first-order chi connectivity index (χ1) is 15.1. The predicted molar refractivity (Wildman–Crippen MR) is 129 cm³/mol. The Labute approximate surface area is 199 Å². The number of nitrogens with one attached hydrogen (secondary N) is 1. The van der Waals surface area contributed by atoms with Gasteiger partial charge in [0.1, 0.15) is 10.6 Å². The van der Waals surface area contributed by atoms with Gasteiger partial charge in [-0.3, -0.25) is 4.79 Å². The van der Waals surface area contributed by atoms with Crippen molar-refractivity contribution in [2.45, 2.75) is 50.5 Å². The molecule has 6 nitrogen and oxygen atoms in total. The molecule has 0 aromatic heterocycles. The second-order valence-corrected chi connectivity index (χ2v) is 11.3. The summed E-state index contributed by atoms with van der Waals surface area (Å²) in [5.41, 5.74) is 1.97. The molecule has 0 spiro atoms. The monoisotopic (exact) mass is 522 g/mol. The summed E-state index contributed by atoms with van der Waals surface area (Å²) in [7, 11) is -2.23. The first-order valence-corrected chi connectivity index (χ1v) is 13.1. The van der Waals surface area contributed by atoms with E-state index in [-0.39, 0.29) is 28.7 Å². The van der Waals surface area contributed by atoms with Crippen LogP contribution >= 0.6 is 15.9 Å². The quantitative estimate of drug-likeness (QED) is 0.563. The summed E-state index contributed by atoms with van der Waals surface area (Å²) in [6.07, 6.45) is 0.981. The molecule has 1 amide bonds. The lowest BCUT2D eigenvalue weighted by Gasteiger charge is -2.31. The zero-order valence-corrected chi connectivity index (χ0v) is 21.4. The number of amides is 1. The van der Waals surface area contributed by atoms with Crippen LogP contribution in [-0.2, 0) is 14.8 Å². The van der Waals surface area contributed by atoms with Gasteiger partial charge in [-0.1, -0.05) is 48.0 Å². The number of hydrogen-bond acceptors (Lipinski definition) is 4. The molecule has 174 valence electrons. The molecule has 0 saturated carbocycles. The topological polar surface area (TPSA) is 75.7 Å². The molecule has 0 bridgehead atoms. The molecule has 2 aromatic carbocycles. The molecule has 1 N–H and O–H groups in total. The molecule has 32 heavy (non-hydrogen) atoms. The molecule has 0 aliphatic carbocycles. The van der Waals surface area contributed by atoms with Gasteiger partial charge in [-0.25, -0.2) is 8.42 Å². The number of halogens is 1. The lowest BCUT2D eigenvalue weighted by molar-refractivity contribution is -0.126. The standard InChI is InChI=1S/C24H31BrN2O4S/c1-16(2)20-7-10-22(31-4)23(15-20)32(29,30)27-13-11-19(12-14-27)24(28)26-17(3)18-5-8-21(25)9-6-18/h5-10,15-17,19H,11-14H2,1-4H3,(H,26,28). The number of ether oxygens (including phenoxy) is 1. The van der Waals surface area contributed by atoms with E-state index < -0.39 is 10.0 Å². The number of carbonyl (C=O) groups excluding carboxylic acids is 1. The zero-order chi connectivity index (χ0) is 23.5. The van der Waals surface area contributed by atoms with Crippen molar-refractivity contribution < 1.29 is 17.9 Å². The molecule has 1 unspecified atom stereocenters. The maximum atomic E-state index is 13.4. The highest BCUT2D eigenvalue weighted by Gasteiger charge is 2.34. The van der Waals surface area contributed by atoms with E-state index in [2.05, 4.69) is 21.2 Å². The Balaban J connectivity index is 1.66. The van der Waals surface area contributed by atoms with Crippen LogP contribution in [0.2, 0.25) is 0 Å². The molecular weight excluding hydrogens is 492 g/mol. The molecule has 1 atom stereocenters. The molecule has 1 heterocycles. The number of piperidine rings is 1. The maximum absolute atomic E-state index is 13.4. The predicted octanol–water partition coefficient (Wildman–Crippen LogP) is 4.86. The number of methoxy groups -OCH3 is 1. The van der Waals surface area contributed by atoms with Gasteiger partial charge >= 0.3 is 0 Å². The summed E-state index contributed by atoms with van der Waals surface area (Å²) < 4.78 is 34.5. The van der Waals surface area contributed by atoms with Gasteiger partial charge in [-0.05, 0) is 61.1 Å². The van der Waals surface area contributed by atoms with E-state index in [1.165, 1.54) is 11.4 Å². The number of benzene rings is 2. The summed E-state index contributed by atoms with van der Waals surface area (Å²) in [5.74, 6) is 0.315. The van der Waals surface area contributed by atoms with Crippen LogP contribution in [-0.4, -0.2) is 38.8 Å². The highest BCUT2D eigenvalue weighted by atomic mass is 79.9. The minimum absolute atomic E-state index is 0.0307. The Morgan fingerprint density at radius 3 is 2.22 bits per heavy atom. The largest absolute Gasteiger partial charge is 0.495 e. The van der Waals surface area contributed by atoms with Gasteiger partial charge in [-0.15, -0.1) is 0 Å². The van der Waals surface area contributed by atoms with E-state index in [4.69, 9.17) is 4.74 Å². The second kappa shape index (κ2) is 10.4. The van der Waals surface area contributed by atoms with Gasteiger partial charge in [0.05, 0.1) is 13.2 Å². The van der Waals surface area contributed by atoms with E-state index in [1.807, 2.05) is 51.1 Å². The van der Waals surface area contributed by atoms with Crippen molar-refractivity contribution in [1.29, 1.82) is 0 Å². The Kier molecular flexibility index (Phi) is 8.01. The van der Waals surface area contributed by atoms with Crippen molar-refractivity contribution in [1.82, 2.24) is 9.62 Å². The van der Waals surface area contributed by atoms with Crippen LogP contribution in [0.15, 0.2) is 51.8 Å². The van der Waals surface area contributed by atoms with E-state index in [9.17, 15) is 13.2 Å². The SMILES string of the molecule is COc1ccc(C(C)C)cc1S(=O)(=O)N1CCC(C(=O)NC(C)c2ccc(Br)cc2)CC1. The first-order valence-electron chi connectivity index (χ1n) is 10.9. The fourth-order valence-corrected chi connectivity index (χ4v) is 5.84. The summed E-state index contributed by atoms with van der Waals surface area (Å²) in [6, 6.07) is 13.1. The number of nitrogens with zero attached hydrogens (tertiary/aromatic N) is 1. The van der Waals surface area contributed by atoms with Crippen LogP contribution in [0.5, 0.6) is 5.75 Å². The fourth-order valence-electron chi connectivity index (χ4n) is 3.92. The van der Waals surface area contributed by atoms with Crippen LogP contribution in [0, 0.1) is 5.92 Å². The van der Waals surface area contributed by atoms with E-state index >= 15 is 0 Å². The minimum Gasteiger partial charge on any atom is -0.495 e. The van der Waals surface area contributed by atoms with Crippen molar-refractivity contribution in [3.05, 3.63) is 58.1 Å². The van der Waals surface area contributed by atoms with Crippen LogP contribution in [0.4, 0.5) is 0 Å². The van der Waals surface area contributed by atoms with Crippen molar-refractivity contribution in [2.75, 3.05) is 20.2 Å². The maximum Gasteiger partial charge on any atom is 0.246 e. The Morgan fingerprint density at radius 2 is 1.66 bits per heavy atom. The fraction of sp³-hybridized carbons (Fsp3) is 0.458. The summed E-state index contributed by atoms with van der Waals surface area (Å²) in [4.78, 5) is 13.0. The van der Waals surface area contributed by atoms with Gasteiger partial charge < -0.3 is 10.1 Å². The molecule has 0 radical (unpaired) electrons. The summed E-state index contributed by atoms with van der Waals surface area (Å²) >= 11 is 3.42. The van der Waals surface area contributed by atoms with Crippen molar-refractivity contribution in [3.63, 3.8) is 0 Å². The van der Waals surface area contributed by atoms with Crippen molar-refractivity contribution in [3.8, 4) is 5.75 Å². The Morgan fingerprint density at radius 1 is 1.06 bits per heavy atom. The van der Waals surface area contributed by atoms with Crippen LogP contribution in [0.1, 0.15) is 56.7 Å². The Hall–Kier alpha value is -1.90. The zero-order valence-electron chi connectivity index (χ0n) is 19.0. The van der Waals surface area contributed by atoms with Gasteiger partial charge in [0.2, 0.25) is 15.9 Å². The highest BCUT2D eigenvalue weighted by Crippen LogP contribution is 2.32.